The number of hydrogen-bond acceptors (Lipinski definition) is 3. The predicted octanol–water partition coefficient (Wildman–Crippen LogP) is 5.11. The SMILES string of the molecule is O=C(Oc1ccc(F)cc1)c1ccc(C2CCC(CC3CO3)CC2)cc1. The Morgan fingerprint density at radius 2 is 1.65 bits per heavy atom. The smallest absolute Gasteiger partial charge is 0.343 e. The Bertz CT molecular complexity index is 742. The molecule has 2 fully saturated rings. The molecule has 2 aromatic carbocycles. The number of epoxide rings is 1. The van der Waals surface area contributed by atoms with Crippen LogP contribution in [0.2, 0.25) is 0 Å². The Kier molecular flexibility index (Phi) is 5.02. The van der Waals surface area contributed by atoms with Gasteiger partial charge in [-0.15, -0.1) is 0 Å². The summed E-state index contributed by atoms with van der Waals surface area (Å²) in [5.74, 6) is 0.959. The first-order chi connectivity index (χ1) is 12.7. The first-order valence-electron chi connectivity index (χ1n) is 9.36. The zero-order valence-electron chi connectivity index (χ0n) is 14.7. The molecule has 1 atom stereocenters. The van der Waals surface area contributed by atoms with Crippen LogP contribution in [0, 0.1) is 11.7 Å². The van der Waals surface area contributed by atoms with Crippen molar-refractivity contribution in [2.75, 3.05) is 6.61 Å². The Hall–Kier alpha value is -2.20. The topological polar surface area (TPSA) is 38.8 Å². The van der Waals surface area contributed by atoms with E-state index in [9.17, 15) is 9.18 Å². The lowest BCUT2D eigenvalue weighted by Gasteiger charge is -2.28. The average molecular weight is 354 g/mol. The maximum Gasteiger partial charge on any atom is 0.343 e. The van der Waals surface area contributed by atoms with Crippen molar-refractivity contribution in [1.29, 1.82) is 0 Å². The molecule has 2 aliphatic rings. The third-order valence-corrected chi connectivity index (χ3v) is 5.49. The normalized spacial score (nSPS) is 24.9. The van der Waals surface area contributed by atoms with Crippen molar-refractivity contribution in [2.24, 2.45) is 5.92 Å². The molecule has 1 unspecified atom stereocenters. The largest absolute Gasteiger partial charge is 0.423 e. The molecular weight excluding hydrogens is 331 g/mol. The summed E-state index contributed by atoms with van der Waals surface area (Å²) < 4.78 is 23.5. The molecule has 1 saturated heterocycles. The maximum atomic E-state index is 12.9. The van der Waals surface area contributed by atoms with E-state index in [1.165, 1.54) is 61.9 Å². The van der Waals surface area contributed by atoms with E-state index in [1.807, 2.05) is 24.3 Å². The lowest BCUT2D eigenvalue weighted by Crippen LogP contribution is -2.15. The van der Waals surface area contributed by atoms with Crippen LogP contribution in [0.5, 0.6) is 5.75 Å². The number of benzene rings is 2. The first-order valence-corrected chi connectivity index (χ1v) is 9.36. The maximum absolute atomic E-state index is 12.9. The number of halogens is 1. The van der Waals surface area contributed by atoms with Gasteiger partial charge in [0.25, 0.3) is 0 Å². The summed E-state index contributed by atoms with van der Waals surface area (Å²) >= 11 is 0. The van der Waals surface area contributed by atoms with Gasteiger partial charge in [-0.05, 0) is 85.9 Å². The zero-order chi connectivity index (χ0) is 17.9. The highest BCUT2D eigenvalue weighted by Crippen LogP contribution is 2.39. The van der Waals surface area contributed by atoms with Crippen molar-refractivity contribution >= 4 is 5.97 Å². The van der Waals surface area contributed by atoms with Gasteiger partial charge in [-0.25, -0.2) is 9.18 Å². The molecule has 0 spiro atoms. The van der Waals surface area contributed by atoms with Crippen LogP contribution in [0.15, 0.2) is 48.5 Å². The molecule has 26 heavy (non-hydrogen) atoms. The van der Waals surface area contributed by atoms with Gasteiger partial charge in [0.1, 0.15) is 11.6 Å². The van der Waals surface area contributed by atoms with E-state index in [0.29, 0.717) is 23.3 Å². The van der Waals surface area contributed by atoms with Crippen LogP contribution in [-0.2, 0) is 4.74 Å². The third kappa shape index (κ3) is 4.31. The monoisotopic (exact) mass is 354 g/mol. The number of rotatable bonds is 5. The molecule has 2 aromatic rings. The molecule has 0 amide bonds. The Morgan fingerprint density at radius 1 is 1.00 bits per heavy atom. The van der Waals surface area contributed by atoms with E-state index in [-0.39, 0.29) is 5.82 Å². The van der Waals surface area contributed by atoms with Gasteiger partial charge in [0, 0.05) is 0 Å². The number of carbonyl (C=O) groups is 1. The van der Waals surface area contributed by atoms with Crippen LogP contribution >= 0.6 is 0 Å². The second-order valence-corrected chi connectivity index (χ2v) is 7.37. The van der Waals surface area contributed by atoms with Crippen LogP contribution in [0.3, 0.4) is 0 Å². The van der Waals surface area contributed by atoms with Gasteiger partial charge < -0.3 is 9.47 Å². The van der Waals surface area contributed by atoms with Crippen LogP contribution in [0.4, 0.5) is 4.39 Å². The fraction of sp³-hybridized carbons (Fsp3) is 0.409. The fourth-order valence-corrected chi connectivity index (χ4v) is 3.87. The summed E-state index contributed by atoms with van der Waals surface area (Å²) in [6.07, 6.45) is 6.69. The molecule has 0 bridgehead atoms. The number of ether oxygens (including phenoxy) is 2. The predicted molar refractivity (Wildman–Crippen MR) is 96.9 cm³/mol. The molecule has 1 aliphatic carbocycles. The summed E-state index contributed by atoms with van der Waals surface area (Å²) in [6.45, 7) is 0.954. The highest BCUT2D eigenvalue weighted by Gasteiger charge is 2.29. The first kappa shape index (κ1) is 17.2. The van der Waals surface area contributed by atoms with Crippen molar-refractivity contribution in [3.05, 3.63) is 65.5 Å². The Morgan fingerprint density at radius 3 is 2.27 bits per heavy atom. The summed E-state index contributed by atoms with van der Waals surface area (Å²) in [5, 5.41) is 0. The minimum absolute atomic E-state index is 0.346. The van der Waals surface area contributed by atoms with Gasteiger partial charge >= 0.3 is 5.97 Å². The van der Waals surface area contributed by atoms with Gasteiger partial charge in [-0.3, -0.25) is 0 Å². The van der Waals surface area contributed by atoms with Crippen molar-refractivity contribution in [3.8, 4) is 5.75 Å². The number of carbonyl (C=O) groups excluding carboxylic acids is 1. The second kappa shape index (κ2) is 7.58. The van der Waals surface area contributed by atoms with Crippen molar-refractivity contribution in [3.63, 3.8) is 0 Å². The summed E-state index contributed by atoms with van der Waals surface area (Å²) in [4.78, 5) is 12.2. The summed E-state index contributed by atoms with van der Waals surface area (Å²) in [7, 11) is 0. The number of esters is 1. The fourth-order valence-electron chi connectivity index (χ4n) is 3.87. The molecule has 1 heterocycles. The lowest BCUT2D eigenvalue weighted by atomic mass is 9.77. The van der Waals surface area contributed by atoms with E-state index < -0.39 is 5.97 Å². The zero-order valence-corrected chi connectivity index (χ0v) is 14.7. The standard InChI is InChI=1S/C22H23FO3/c23-19-9-11-20(12-10-19)26-22(24)18-7-5-17(6-8-18)16-3-1-15(2-4-16)13-21-14-25-21/h5-12,15-16,21H,1-4,13-14H2. The average Bonchev–Trinajstić information content (AvgIpc) is 3.48. The highest BCUT2D eigenvalue weighted by molar-refractivity contribution is 5.91. The van der Waals surface area contributed by atoms with E-state index in [1.54, 1.807) is 0 Å². The molecule has 0 N–H and O–H groups in total. The minimum atomic E-state index is -0.420. The summed E-state index contributed by atoms with van der Waals surface area (Å²) in [5.41, 5.74) is 1.81. The lowest BCUT2D eigenvalue weighted by molar-refractivity contribution is 0.0734. The molecule has 1 aliphatic heterocycles. The van der Waals surface area contributed by atoms with Crippen molar-refractivity contribution in [1.82, 2.24) is 0 Å². The van der Waals surface area contributed by atoms with Gasteiger partial charge in [0.05, 0.1) is 18.3 Å². The molecule has 3 nitrogen and oxygen atoms in total. The third-order valence-electron chi connectivity index (χ3n) is 5.49. The molecule has 4 heteroatoms. The minimum Gasteiger partial charge on any atom is -0.423 e. The van der Waals surface area contributed by atoms with E-state index >= 15 is 0 Å². The second-order valence-electron chi connectivity index (χ2n) is 7.37. The van der Waals surface area contributed by atoms with E-state index in [0.717, 1.165) is 12.5 Å². The van der Waals surface area contributed by atoms with Crippen LogP contribution in [0.1, 0.15) is 53.9 Å². The summed E-state index contributed by atoms with van der Waals surface area (Å²) in [6, 6.07) is 13.2. The molecule has 1 saturated carbocycles. The van der Waals surface area contributed by atoms with E-state index in [4.69, 9.17) is 9.47 Å². The van der Waals surface area contributed by atoms with Crippen molar-refractivity contribution in [2.45, 2.75) is 44.1 Å². The molecule has 4 rings (SSSR count). The molecule has 0 radical (unpaired) electrons. The Labute approximate surface area is 153 Å². The van der Waals surface area contributed by atoms with Crippen LogP contribution < -0.4 is 4.74 Å². The van der Waals surface area contributed by atoms with Crippen LogP contribution in [0.25, 0.3) is 0 Å². The van der Waals surface area contributed by atoms with Crippen molar-refractivity contribution < 1.29 is 18.7 Å². The highest BCUT2D eigenvalue weighted by atomic mass is 19.1. The van der Waals surface area contributed by atoms with Gasteiger partial charge in [0.15, 0.2) is 0 Å². The quantitative estimate of drug-likeness (QED) is 0.426. The molecule has 0 aromatic heterocycles. The molecular formula is C22H23FO3. The van der Waals surface area contributed by atoms with Gasteiger partial charge in [-0.2, -0.15) is 0 Å². The molecule has 136 valence electrons. The van der Waals surface area contributed by atoms with Gasteiger partial charge in [-0.1, -0.05) is 12.1 Å². The Balaban J connectivity index is 1.32. The van der Waals surface area contributed by atoms with Gasteiger partial charge in [0.2, 0.25) is 0 Å². The van der Waals surface area contributed by atoms with E-state index in [2.05, 4.69) is 0 Å². The van der Waals surface area contributed by atoms with Crippen LogP contribution in [-0.4, -0.2) is 18.7 Å². The number of hydrogen-bond donors (Lipinski definition) is 0.